The third-order valence-electron chi connectivity index (χ3n) is 3.42. The number of hydrogen-bond donors (Lipinski definition) is 2. The lowest BCUT2D eigenvalue weighted by molar-refractivity contribution is -0.116. The van der Waals surface area contributed by atoms with Gasteiger partial charge in [0.2, 0.25) is 11.8 Å². The number of carbonyl (C=O) groups excluding carboxylic acids is 2. The number of unbranched alkanes of at least 4 members (excludes halogenated alkanes) is 1. The molecule has 2 amide bonds. The van der Waals surface area contributed by atoms with Gasteiger partial charge in [-0.2, -0.15) is 0 Å². The van der Waals surface area contributed by atoms with Gasteiger partial charge in [0.1, 0.15) is 0 Å². The predicted octanol–water partition coefficient (Wildman–Crippen LogP) is 4.61. The standard InChI is InChI=1S/C17H18N4O2S3/c1-2-3-4-14(22)19-11-5-6-12-13(9-11)26-17(20-12)25-10-15(23)21-16-18-7-8-24-16/h5-9H,2-4,10H2,1H3,(H,19,22)(H,18,21,23). The molecule has 9 heteroatoms. The molecule has 0 aliphatic heterocycles. The fraction of sp³-hybridized carbons (Fsp3) is 0.294. The van der Waals surface area contributed by atoms with Gasteiger partial charge in [0.15, 0.2) is 9.47 Å². The van der Waals surface area contributed by atoms with Crippen molar-refractivity contribution in [3.05, 3.63) is 29.8 Å². The average molecular weight is 407 g/mol. The molecule has 0 spiro atoms. The maximum Gasteiger partial charge on any atom is 0.236 e. The van der Waals surface area contributed by atoms with Gasteiger partial charge in [0.25, 0.3) is 0 Å². The molecule has 1 aromatic carbocycles. The van der Waals surface area contributed by atoms with Gasteiger partial charge in [-0.1, -0.05) is 25.1 Å². The summed E-state index contributed by atoms with van der Waals surface area (Å²) in [4.78, 5) is 32.3. The first-order chi connectivity index (χ1) is 12.6. The number of fused-ring (bicyclic) bond motifs is 1. The fourth-order valence-electron chi connectivity index (χ4n) is 2.17. The Morgan fingerprint density at radius 1 is 1.23 bits per heavy atom. The molecule has 2 aromatic heterocycles. The zero-order valence-corrected chi connectivity index (χ0v) is 16.6. The van der Waals surface area contributed by atoms with Crippen LogP contribution in [0.4, 0.5) is 10.8 Å². The van der Waals surface area contributed by atoms with E-state index in [-0.39, 0.29) is 17.6 Å². The van der Waals surface area contributed by atoms with Crippen LogP contribution in [0.25, 0.3) is 10.2 Å². The van der Waals surface area contributed by atoms with Gasteiger partial charge in [-0.15, -0.1) is 22.7 Å². The summed E-state index contributed by atoms with van der Waals surface area (Å²) in [5.41, 5.74) is 1.64. The zero-order chi connectivity index (χ0) is 18.4. The number of hydrogen-bond acceptors (Lipinski definition) is 7. The van der Waals surface area contributed by atoms with Crippen molar-refractivity contribution < 1.29 is 9.59 Å². The molecule has 0 fully saturated rings. The van der Waals surface area contributed by atoms with Gasteiger partial charge in [-0.25, -0.2) is 9.97 Å². The summed E-state index contributed by atoms with van der Waals surface area (Å²) in [5, 5.41) is 8.08. The number of amides is 2. The monoisotopic (exact) mass is 406 g/mol. The van der Waals surface area contributed by atoms with Gasteiger partial charge < -0.3 is 10.6 Å². The topological polar surface area (TPSA) is 84.0 Å². The lowest BCUT2D eigenvalue weighted by Gasteiger charge is -2.04. The van der Waals surface area contributed by atoms with Gasteiger partial charge in [-0.05, 0) is 24.6 Å². The van der Waals surface area contributed by atoms with Gasteiger partial charge in [-0.3, -0.25) is 9.59 Å². The molecule has 0 saturated carbocycles. The van der Waals surface area contributed by atoms with Crippen molar-refractivity contribution in [2.45, 2.75) is 30.5 Å². The van der Waals surface area contributed by atoms with Crippen LogP contribution in [0.2, 0.25) is 0 Å². The lowest BCUT2D eigenvalue weighted by atomic mass is 10.2. The van der Waals surface area contributed by atoms with Crippen molar-refractivity contribution >= 4 is 67.3 Å². The van der Waals surface area contributed by atoms with Gasteiger partial charge in [0.05, 0.1) is 16.0 Å². The van der Waals surface area contributed by atoms with Crippen LogP contribution in [0.3, 0.4) is 0 Å². The van der Waals surface area contributed by atoms with E-state index in [1.807, 2.05) is 23.6 Å². The molecule has 0 aliphatic rings. The summed E-state index contributed by atoms with van der Waals surface area (Å²) in [6.45, 7) is 2.06. The number of carbonyl (C=O) groups is 2. The summed E-state index contributed by atoms with van der Waals surface area (Å²) in [6, 6.07) is 5.67. The number of thioether (sulfide) groups is 1. The Kier molecular flexibility index (Phi) is 6.59. The highest BCUT2D eigenvalue weighted by atomic mass is 32.2. The maximum atomic E-state index is 11.9. The minimum absolute atomic E-state index is 0.0316. The SMILES string of the molecule is CCCCC(=O)Nc1ccc2nc(SCC(=O)Nc3nccs3)sc2c1. The molecular weight excluding hydrogens is 388 g/mol. The van der Waals surface area contributed by atoms with Crippen LogP contribution in [0.1, 0.15) is 26.2 Å². The largest absolute Gasteiger partial charge is 0.326 e. The van der Waals surface area contributed by atoms with Crippen LogP contribution in [0, 0.1) is 0 Å². The summed E-state index contributed by atoms with van der Waals surface area (Å²) >= 11 is 4.29. The molecule has 0 aliphatic carbocycles. The number of nitrogens with zero attached hydrogens (tertiary/aromatic N) is 2. The van der Waals surface area contributed by atoms with Crippen molar-refractivity contribution in [2.24, 2.45) is 0 Å². The second-order valence-electron chi connectivity index (χ2n) is 5.49. The molecule has 3 aromatic rings. The van der Waals surface area contributed by atoms with E-state index in [1.54, 1.807) is 6.20 Å². The van der Waals surface area contributed by atoms with Crippen LogP contribution in [-0.4, -0.2) is 27.5 Å². The lowest BCUT2D eigenvalue weighted by Crippen LogP contribution is -2.13. The van der Waals surface area contributed by atoms with Crippen molar-refractivity contribution in [1.82, 2.24) is 9.97 Å². The van der Waals surface area contributed by atoms with Crippen LogP contribution in [-0.2, 0) is 9.59 Å². The van der Waals surface area contributed by atoms with Gasteiger partial charge in [0, 0.05) is 23.7 Å². The van der Waals surface area contributed by atoms with Crippen LogP contribution < -0.4 is 10.6 Å². The first kappa shape index (κ1) is 18.8. The number of anilines is 2. The molecule has 2 N–H and O–H groups in total. The molecule has 0 atom stereocenters. The smallest absolute Gasteiger partial charge is 0.236 e. The summed E-state index contributed by atoms with van der Waals surface area (Å²) < 4.78 is 1.81. The van der Waals surface area contributed by atoms with E-state index >= 15 is 0 Å². The quantitative estimate of drug-likeness (QED) is 0.534. The zero-order valence-electron chi connectivity index (χ0n) is 14.2. The first-order valence-electron chi connectivity index (χ1n) is 8.16. The van der Waals surface area contributed by atoms with E-state index in [0.29, 0.717) is 11.6 Å². The van der Waals surface area contributed by atoms with E-state index < -0.39 is 0 Å². The summed E-state index contributed by atoms with van der Waals surface area (Å²) in [7, 11) is 0. The Morgan fingerprint density at radius 2 is 2.12 bits per heavy atom. The van der Waals surface area contributed by atoms with Crippen LogP contribution >= 0.6 is 34.4 Å². The van der Waals surface area contributed by atoms with Crippen LogP contribution in [0.5, 0.6) is 0 Å². The highest BCUT2D eigenvalue weighted by molar-refractivity contribution is 8.01. The fourth-order valence-corrected chi connectivity index (χ4v) is 4.62. The summed E-state index contributed by atoms with van der Waals surface area (Å²) in [6.07, 6.45) is 4.07. The van der Waals surface area contributed by atoms with Crippen molar-refractivity contribution in [1.29, 1.82) is 0 Å². The Morgan fingerprint density at radius 3 is 2.88 bits per heavy atom. The highest BCUT2D eigenvalue weighted by Crippen LogP contribution is 2.31. The number of thiazole rings is 2. The Balaban J connectivity index is 1.58. The van der Waals surface area contributed by atoms with E-state index in [9.17, 15) is 9.59 Å². The van der Waals surface area contributed by atoms with E-state index in [4.69, 9.17) is 0 Å². The Labute approximate surface area is 163 Å². The molecule has 0 saturated heterocycles. The number of rotatable bonds is 8. The van der Waals surface area contributed by atoms with E-state index in [1.165, 1.54) is 34.4 Å². The molecule has 0 radical (unpaired) electrons. The molecular formula is C17H18N4O2S3. The highest BCUT2D eigenvalue weighted by Gasteiger charge is 2.10. The van der Waals surface area contributed by atoms with Crippen molar-refractivity contribution in [3.63, 3.8) is 0 Å². The first-order valence-corrected chi connectivity index (χ1v) is 10.8. The summed E-state index contributed by atoms with van der Waals surface area (Å²) in [5.74, 6) is 0.206. The van der Waals surface area contributed by atoms with E-state index in [0.717, 1.165) is 33.1 Å². The molecule has 0 unspecified atom stereocenters. The minimum Gasteiger partial charge on any atom is -0.326 e. The van der Waals surface area contributed by atoms with Gasteiger partial charge >= 0.3 is 0 Å². The molecule has 136 valence electrons. The van der Waals surface area contributed by atoms with Crippen LogP contribution in [0.15, 0.2) is 34.1 Å². The third kappa shape index (κ3) is 5.26. The average Bonchev–Trinajstić information content (AvgIpc) is 3.27. The predicted molar refractivity (Wildman–Crippen MR) is 109 cm³/mol. The molecule has 3 rings (SSSR count). The molecule has 2 heterocycles. The molecule has 6 nitrogen and oxygen atoms in total. The number of aromatic nitrogens is 2. The number of nitrogens with one attached hydrogen (secondary N) is 2. The third-order valence-corrected chi connectivity index (χ3v) is 6.27. The van der Waals surface area contributed by atoms with E-state index in [2.05, 4.69) is 27.5 Å². The maximum absolute atomic E-state index is 11.9. The normalized spacial score (nSPS) is 10.8. The second-order valence-corrected chi connectivity index (χ2v) is 8.64. The van der Waals surface area contributed by atoms with Crippen molar-refractivity contribution in [2.75, 3.05) is 16.4 Å². The molecule has 0 bridgehead atoms. The second kappa shape index (κ2) is 9.11. The molecule has 26 heavy (non-hydrogen) atoms. The van der Waals surface area contributed by atoms with Crippen molar-refractivity contribution in [3.8, 4) is 0 Å². The number of benzene rings is 1. The minimum atomic E-state index is -0.104. The Hall–Kier alpha value is -1.97. The Bertz CT molecular complexity index is 893.